The lowest BCUT2D eigenvalue weighted by molar-refractivity contribution is 0.104. The number of aromatic amines is 1. The van der Waals surface area contributed by atoms with E-state index in [2.05, 4.69) is 46.4 Å². The van der Waals surface area contributed by atoms with Gasteiger partial charge in [0.25, 0.3) is 10.0 Å². The Kier molecular flexibility index (Phi) is 8.02. The number of carbonyl (C=O) groups excluding carboxylic acids is 1. The first-order valence-corrected chi connectivity index (χ1v) is 15.6. The van der Waals surface area contributed by atoms with E-state index in [1.165, 1.54) is 0 Å². The summed E-state index contributed by atoms with van der Waals surface area (Å²) in [6, 6.07) is 29.8. The molecule has 0 atom stereocenters. The molecule has 208 valence electrons. The van der Waals surface area contributed by atoms with Gasteiger partial charge in [-0.25, -0.2) is 8.42 Å². The Hall–Kier alpha value is -3.94. The molecule has 0 spiro atoms. The minimum atomic E-state index is -3.81. The van der Waals surface area contributed by atoms with Gasteiger partial charge in [-0.2, -0.15) is 0 Å². The monoisotopic (exact) mass is 626 g/mol. The van der Waals surface area contributed by atoms with Crippen molar-refractivity contribution in [3.05, 3.63) is 131 Å². The summed E-state index contributed by atoms with van der Waals surface area (Å²) in [6.07, 6.45) is 4.07. The fraction of sp³-hybridized carbons (Fsp3) is 0.147. The molecule has 1 heterocycles. The molecule has 0 aliphatic heterocycles. The van der Waals surface area contributed by atoms with E-state index >= 15 is 0 Å². The Balaban J connectivity index is 1.48. The van der Waals surface area contributed by atoms with Gasteiger partial charge in [0, 0.05) is 26.6 Å². The third kappa shape index (κ3) is 6.53. The fourth-order valence-corrected chi connectivity index (χ4v) is 6.01. The molecule has 5 nitrogen and oxygen atoms in total. The molecule has 0 unspecified atom stereocenters. The van der Waals surface area contributed by atoms with Crippen LogP contribution in [-0.4, -0.2) is 19.2 Å². The van der Waals surface area contributed by atoms with Gasteiger partial charge in [0.2, 0.25) is 5.78 Å². The normalized spacial score (nSPS) is 12.2. The van der Waals surface area contributed by atoms with E-state index in [0.717, 1.165) is 37.6 Å². The maximum atomic E-state index is 13.4. The first-order chi connectivity index (χ1) is 19.5. The largest absolute Gasteiger partial charge is 0.351 e. The Labute approximate surface area is 249 Å². The average Bonchev–Trinajstić information content (AvgIpc) is 3.33. The molecule has 0 bridgehead atoms. The number of benzene rings is 4. The van der Waals surface area contributed by atoms with Gasteiger partial charge >= 0.3 is 0 Å². The minimum Gasteiger partial charge on any atom is -0.351 e. The Morgan fingerprint density at radius 1 is 0.902 bits per heavy atom. The maximum absolute atomic E-state index is 13.4. The Bertz CT molecular complexity index is 1830. The lowest BCUT2D eigenvalue weighted by atomic mass is 9.87. The minimum absolute atomic E-state index is 0.0772. The summed E-state index contributed by atoms with van der Waals surface area (Å²) in [5, 5.41) is 0.754. The van der Waals surface area contributed by atoms with E-state index in [4.69, 9.17) is 0 Å². The molecular formula is C34H31BrN2O3S. The quantitative estimate of drug-likeness (QED) is 0.134. The van der Waals surface area contributed by atoms with Gasteiger partial charge < -0.3 is 4.98 Å². The molecule has 4 aromatic carbocycles. The van der Waals surface area contributed by atoms with Crippen LogP contribution in [0, 0.1) is 0 Å². The van der Waals surface area contributed by atoms with Crippen molar-refractivity contribution >= 4 is 48.3 Å². The van der Waals surface area contributed by atoms with E-state index in [-0.39, 0.29) is 16.1 Å². The van der Waals surface area contributed by atoms with Crippen LogP contribution in [0.25, 0.3) is 22.0 Å². The van der Waals surface area contributed by atoms with Crippen molar-refractivity contribution in [3.8, 4) is 11.1 Å². The topological polar surface area (TPSA) is 79.0 Å². The van der Waals surface area contributed by atoms with Gasteiger partial charge in [-0.1, -0.05) is 97.4 Å². The van der Waals surface area contributed by atoms with Crippen LogP contribution in [0.5, 0.6) is 0 Å². The van der Waals surface area contributed by atoms with Crippen molar-refractivity contribution in [2.45, 2.75) is 37.5 Å². The van der Waals surface area contributed by atoms with Crippen molar-refractivity contribution < 1.29 is 13.2 Å². The average molecular weight is 628 g/mol. The van der Waals surface area contributed by atoms with Gasteiger partial charge in [0.05, 0.1) is 10.6 Å². The highest BCUT2D eigenvalue weighted by molar-refractivity contribution is 9.10. The summed E-state index contributed by atoms with van der Waals surface area (Å²) < 4.78 is 30.2. The fourth-order valence-electron chi connectivity index (χ4n) is 4.70. The predicted molar refractivity (Wildman–Crippen MR) is 171 cm³/mol. The predicted octanol–water partition coefficient (Wildman–Crippen LogP) is 8.68. The molecule has 0 amide bonds. The molecule has 0 saturated heterocycles. The van der Waals surface area contributed by atoms with Gasteiger partial charge in [-0.3, -0.25) is 9.52 Å². The Morgan fingerprint density at radius 2 is 1.59 bits per heavy atom. The lowest BCUT2D eigenvalue weighted by Crippen LogP contribution is -2.14. The highest BCUT2D eigenvalue weighted by atomic mass is 79.9. The number of nitrogens with one attached hydrogen (secondary N) is 2. The van der Waals surface area contributed by atoms with E-state index in [1.807, 2.05) is 72.8 Å². The first-order valence-electron chi connectivity index (χ1n) is 13.3. The number of aromatic nitrogens is 1. The van der Waals surface area contributed by atoms with Crippen molar-refractivity contribution in [1.82, 2.24) is 4.98 Å². The molecular weight excluding hydrogens is 596 g/mol. The SMILES string of the molecule is CC(C)(C)c1ccc(S(=O)(=O)Nc2ccc3[nH]c(C(=O)/C=C/Cc4ccc(Br)cc4)c(-c4ccccc4)c3c2)cc1. The number of rotatable bonds is 8. The number of fused-ring (bicyclic) bond motifs is 1. The van der Waals surface area contributed by atoms with Gasteiger partial charge in [-0.05, 0) is 77.1 Å². The zero-order valence-electron chi connectivity index (χ0n) is 23.1. The van der Waals surface area contributed by atoms with E-state index in [9.17, 15) is 13.2 Å². The van der Waals surface area contributed by atoms with Crippen LogP contribution >= 0.6 is 15.9 Å². The van der Waals surface area contributed by atoms with E-state index < -0.39 is 10.0 Å². The summed E-state index contributed by atoms with van der Waals surface area (Å²) in [4.78, 5) is 16.9. The number of H-pyrrole nitrogens is 1. The molecule has 5 aromatic rings. The van der Waals surface area contributed by atoms with Crippen molar-refractivity contribution in [1.29, 1.82) is 0 Å². The zero-order valence-corrected chi connectivity index (χ0v) is 25.5. The number of sulfonamides is 1. The standard InChI is InChI=1S/C34H31BrN2O3S/c1-34(2,3)25-14-19-28(20-15-25)41(39,40)37-27-18-21-30-29(22-27)32(24-9-5-4-6-10-24)33(36-30)31(38)11-7-8-23-12-16-26(35)17-13-23/h4-7,9-22,36-37H,8H2,1-3H3/b11-7+. The van der Waals surface area contributed by atoms with Crippen molar-refractivity contribution in [3.63, 3.8) is 0 Å². The summed E-state index contributed by atoms with van der Waals surface area (Å²) in [5.74, 6) is -0.154. The number of halogens is 1. The number of allylic oxidation sites excluding steroid dienone is 2. The van der Waals surface area contributed by atoms with Crippen LogP contribution in [0.4, 0.5) is 5.69 Å². The first kappa shape index (κ1) is 28.6. The van der Waals surface area contributed by atoms with Crippen LogP contribution in [0.15, 0.2) is 119 Å². The second kappa shape index (κ2) is 11.5. The van der Waals surface area contributed by atoms with Crippen LogP contribution in [0.3, 0.4) is 0 Å². The highest BCUT2D eigenvalue weighted by Gasteiger charge is 2.21. The number of carbonyl (C=O) groups is 1. The second-order valence-corrected chi connectivity index (χ2v) is 13.6. The van der Waals surface area contributed by atoms with Crippen LogP contribution in [0.2, 0.25) is 0 Å². The number of anilines is 1. The van der Waals surface area contributed by atoms with Gasteiger partial charge in [-0.15, -0.1) is 0 Å². The second-order valence-electron chi connectivity index (χ2n) is 11.0. The Morgan fingerprint density at radius 3 is 2.24 bits per heavy atom. The molecule has 0 aliphatic carbocycles. The molecule has 0 fully saturated rings. The molecule has 5 rings (SSSR count). The highest BCUT2D eigenvalue weighted by Crippen LogP contribution is 2.35. The van der Waals surface area contributed by atoms with Gasteiger partial charge in [0.15, 0.2) is 0 Å². The molecule has 0 radical (unpaired) electrons. The zero-order chi connectivity index (χ0) is 29.2. The van der Waals surface area contributed by atoms with Crippen LogP contribution in [-0.2, 0) is 21.9 Å². The maximum Gasteiger partial charge on any atom is 0.261 e. The summed E-state index contributed by atoms with van der Waals surface area (Å²) in [5.41, 5.74) is 5.28. The molecule has 1 aromatic heterocycles. The summed E-state index contributed by atoms with van der Waals surface area (Å²) >= 11 is 3.44. The van der Waals surface area contributed by atoms with Crippen LogP contribution < -0.4 is 4.72 Å². The smallest absolute Gasteiger partial charge is 0.261 e. The molecule has 0 saturated carbocycles. The summed E-state index contributed by atoms with van der Waals surface area (Å²) in [7, 11) is -3.81. The van der Waals surface area contributed by atoms with Gasteiger partial charge in [0.1, 0.15) is 0 Å². The number of hydrogen-bond acceptors (Lipinski definition) is 3. The van der Waals surface area contributed by atoms with Crippen LogP contribution in [0.1, 0.15) is 42.4 Å². The molecule has 41 heavy (non-hydrogen) atoms. The third-order valence-corrected chi connectivity index (χ3v) is 8.85. The van der Waals surface area contributed by atoms with E-state index in [1.54, 1.807) is 36.4 Å². The number of ketones is 1. The molecule has 7 heteroatoms. The third-order valence-electron chi connectivity index (χ3n) is 6.93. The summed E-state index contributed by atoms with van der Waals surface area (Å²) in [6.45, 7) is 6.26. The van der Waals surface area contributed by atoms with E-state index in [0.29, 0.717) is 17.8 Å². The lowest BCUT2D eigenvalue weighted by Gasteiger charge is -2.19. The molecule has 2 N–H and O–H groups in total. The van der Waals surface area contributed by atoms with Crippen molar-refractivity contribution in [2.24, 2.45) is 0 Å². The van der Waals surface area contributed by atoms with Crippen molar-refractivity contribution in [2.75, 3.05) is 4.72 Å². The number of hydrogen-bond donors (Lipinski definition) is 2. The molecule has 0 aliphatic rings.